The summed E-state index contributed by atoms with van der Waals surface area (Å²) in [6.45, 7) is 16.7. The summed E-state index contributed by atoms with van der Waals surface area (Å²) in [5, 5.41) is 1.40. The van der Waals surface area contributed by atoms with Gasteiger partial charge in [0.2, 0.25) is 0 Å². The zero-order chi connectivity index (χ0) is 20.8. The molecule has 0 radical (unpaired) electrons. The van der Waals surface area contributed by atoms with E-state index in [9.17, 15) is 0 Å². The van der Waals surface area contributed by atoms with Crippen molar-refractivity contribution in [1.29, 1.82) is 0 Å². The molecule has 28 heavy (non-hydrogen) atoms. The monoisotopic (exact) mass is 404 g/mol. The van der Waals surface area contributed by atoms with E-state index in [1.807, 2.05) is 0 Å². The first-order chi connectivity index (χ1) is 13.2. The van der Waals surface area contributed by atoms with Crippen LogP contribution in [0.3, 0.4) is 0 Å². The second kappa shape index (κ2) is 9.59. The van der Waals surface area contributed by atoms with Crippen LogP contribution in [-0.2, 0) is 0 Å². The Morgan fingerprint density at radius 1 is 0.679 bits per heavy atom. The lowest BCUT2D eigenvalue weighted by atomic mass is 10.2. The predicted octanol–water partition coefficient (Wildman–Crippen LogP) is 6.99. The minimum atomic E-state index is -2.06. The van der Waals surface area contributed by atoms with Crippen molar-refractivity contribution in [2.75, 3.05) is 0 Å². The average molecular weight is 405 g/mol. The Hall–Kier alpha value is -1.83. The SMILES string of the molecule is CC(C)[Si](C#C[Si](C)(C=Cc1ccccc1)c1ccccc1)(C(C)C)C(C)C. The summed E-state index contributed by atoms with van der Waals surface area (Å²) in [5.41, 5.74) is 13.6. The molecule has 0 N–H and O–H groups in total. The zero-order valence-corrected chi connectivity index (χ0v) is 20.7. The molecule has 1 atom stereocenters. The summed E-state index contributed by atoms with van der Waals surface area (Å²) >= 11 is 0. The molecular weight excluding hydrogens is 368 g/mol. The van der Waals surface area contributed by atoms with Crippen molar-refractivity contribution < 1.29 is 0 Å². The van der Waals surface area contributed by atoms with Gasteiger partial charge >= 0.3 is 0 Å². The smallest absolute Gasteiger partial charge is 0.136 e. The molecule has 0 spiro atoms. The molecule has 2 heteroatoms. The first-order valence-electron chi connectivity index (χ1n) is 10.6. The van der Waals surface area contributed by atoms with E-state index >= 15 is 0 Å². The molecule has 0 fully saturated rings. The Morgan fingerprint density at radius 3 is 1.61 bits per heavy atom. The molecule has 0 nitrogen and oxygen atoms in total. The molecule has 0 aromatic heterocycles. The fraction of sp³-hybridized carbons (Fsp3) is 0.385. The van der Waals surface area contributed by atoms with Crippen LogP contribution in [0.2, 0.25) is 23.2 Å². The second-order valence-corrected chi connectivity index (χ2v) is 18.1. The van der Waals surface area contributed by atoms with Crippen molar-refractivity contribution >= 4 is 27.4 Å². The highest BCUT2D eigenvalue weighted by atomic mass is 28.3. The summed E-state index contributed by atoms with van der Waals surface area (Å²) in [6.07, 6.45) is 2.28. The largest absolute Gasteiger partial charge is 0.188 e. The van der Waals surface area contributed by atoms with Crippen LogP contribution in [0.1, 0.15) is 47.1 Å². The highest BCUT2D eigenvalue weighted by molar-refractivity contribution is 7.03. The Morgan fingerprint density at radius 2 is 1.14 bits per heavy atom. The molecule has 0 aliphatic rings. The van der Waals surface area contributed by atoms with Crippen LogP contribution in [0, 0.1) is 11.1 Å². The molecule has 0 heterocycles. The fourth-order valence-electron chi connectivity index (χ4n) is 4.49. The fourth-order valence-corrected chi connectivity index (χ4v) is 13.1. The van der Waals surface area contributed by atoms with E-state index in [1.165, 1.54) is 10.8 Å². The van der Waals surface area contributed by atoms with E-state index in [0.717, 1.165) is 0 Å². The Balaban J connectivity index is 2.58. The first kappa shape index (κ1) is 22.5. The minimum Gasteiger partial charge on any atom is -0.136 e. The normalized spacial score (nSPS) is 14.4. The summed E-state index contributed by atoms with van der Waals surface area (Å²) in [4.78, 5) is 0. The molecule has 0 aliphatic heterocycles. The molecular formula is C26H36Si2. The zero-order valence-electron chi connectivity index (χ0n) is 18.7. The molecule has 0 bridgehead atoms. The maximum atomic E-state index is 4.01. The third-order valence-electron chi connectivity index (χ3n) is 6.19. The average Bonchev–Trinajstić information content (AvgIpc) is 2.67. The Bertz CT molecular complexity index is 801. The van der Waals surface area contributed by atoms with E-state index < -0.39 is 16.1 Å². The lowest BCUT2D eigenvalue weighted by Crippen LogP contribution is -2.46. The van der Waals surface area contributed by atoms with E-state index in [-0.39, 0.29) is 0 Å². The number of hydrogen-bond donors (Lipinski definition) is 0. The van der Waals surface area contributed by atoms with Crippen LogP contribution in [0.15, 0.2) is 66.4 Å². The van der Waals surface area contributed by atoms with Crippen LogP contribution in [0.5, 0.6) is 0 Å². The van der Waals surface area contributed by atoms with Gasteiger partial charge in [0, 0.05) is 0 Å². The van der Waals surface area contributed by atoms with Crippen LogP contribution in [-0.4, -0.2) is 16.1 Å². The van der Waals surface area contributed by atoms with Gasteiger partial charge in [-0.05, 0) is 27.4 Å². The topological polar surface area (TPSA) is 0 Å². The summed E-state index contributed by atoms with van der Waals surface area (Å²) < 4.78 is 0. The summed E-state index contributed by atoms with van der Waals surface area (Å²) in [7, 11) is -3.80. The molecule has 2 aromatic rings. The van der Waals surface area contributed by atoms with Crippen molar-refractivity contribution in [3.05, 3.63) is 71.9 Å². The van der Waals surface area contributed by atoms with Crippen molar-refractivity contribution in [1.82, 2.24) is 0 Å². The summed E-state index contributed by atoms with van der Waals surface area (Å²) in [5.74, 6) is 0. The van der Waals surface area contributed by atoms with Crippen molar-refractivity contribution in [3.63, 3.8) is 0 Å². The van der Waals surface area contributed by atoms with Crippen molar-refractivity contribution in [3.8, 4) is 11.1 Å². The second-order valence-electron chi connectivity index (χ2n) is 8.96. The maximum Gasteiger partial charge on any atom is 0.188 e. The Labute approximate surface area is 175 Å². The summed E-state index contributed by atoms with van der Waals surface area (Å²) in [6, 6.07) is 21.5. The first-order valence-corrected chi connectivity index (χ1v) is 15.4. The van der Waals surface area contributed by atoms with Crippen molar-refractivity contribution in [2.45, 2.75) is 64.7 Å². The van der Waals surface area contributed by atoms with Gasteiger partial charge in [-0.25, -0.2) is 0 Å². The van der Waals surface area contributed by atoms with Gasteiger partial charge < -0.3 is 0 Å². The lowest BCUT2D eigenvalue weighted by Gasteiger charge is -2.38. The molecule has 0 aliphatic carbocycles. The maximum absolute atomic E-state index is 4.01. The lowest BCUT2D eigenvalue weighted by molar-refractivity contribution is 0.838. The van der Waals surface area contributed by atoms with Crippen LogP contribution < -0.4 is 5.19 Å². The van der Waals surface area contributed by atoms with Gasteiger partial charge in [0.25, 0.3) is 0 Å². The molecule has 148 valence electrons. The predicted molar refractivity (Wildman–Crippen MR) is 132 cm³/mol. The third kappa shape index (κ3) is 4.96. The van der Waals surface area contributed by atoms with Crippen LogP contribution >= 0.6 is 0 Å². The highest BCUT2D eigenvalue weighted by Crippen LogP contribution is 2.40. The molecule has 0 saturated heterocycles. The molecule has 0 saturated carbocycles. The molecule has 2 rings (SSSR count). The molecule has 0 amide bonds. The Kier molecular flexibility index (Phi) is 7.69. The highest BCUT2D eigenvalue weighted by Gasteiger charge is 2.42. The third-order valence-corrected chi connectivity index (χ3v) is 15.7. The van der Waals surface area contributed by atoms with Crippen LogP contribution in [0.4, 0.5) is 0 Å². The standard InChI is InChI=1S/C26H36Si2/c1-22(2)28(23(3)4,24(5)6)21-20-27(7,26-16-12-9-13-17-26)19-18-25-14-10-8-11-15-25/h8-19,22-24H,1-7H3. The van der Waals surface area contributed by atoms with Gasteiger partial charge in [-0.15, -0.1) is 11.1 Å². The van der Waals surface area contributed by atoms with E-state index in [2.05, 4.69) is 132 Å². The van der Waals surface area contributed by atoms with E-state index in [1.54, 1.807) is 0 Å². The van der Waals surface area contributed by atoms with E-state index in [4.69, 9.17) is 0 Å². The van der Waals surface area contributed by atoms with Gasteiger partial charge in [-0.1, -0.05) is 121 Å². The van der Waals surface area contributed by atoms with Crippen LogP contribution in [0.25, 0.3) is 6.08 Å². The van der Waals surface area contributed by atoms with Crippen molar-refractivity contribution in [2.24, 2.45) is 0 Å². The quantitative estimate of drug-likeness (QED) is 0.359. The van der Waals surface area contributed by atoms with Gasteiger partial charge in [-0.2, -0.15) is 0 Å². The molecule has 1 unspecified atom stereocenters. The van der Waals surface area contributed by atoms with E-state index in [0.29, 0.717) is 16.6 Å². The number of rotatable bonds is 6. The van der Waals surface area contributed by atoms with Gasteiger partial charge in [0.15, 0.2) is 8.07 Å². The number of benzene rings is 2. The van der Waals surface area contributed by atoms with Gasteiger partial charge in [-0.3, -0.25) is 0 Å². The van der Waals surface area contributed by atoms with Gasteiger partial charge in [0.1, 0.15) is 8.07 Å². The molecule has 2 aromatic carbocycles. The number of hydrogen-bond acceptors (Lipinski definition) is 0. The minimum absolute atomic E-state index is 0.659. The van der Waals surface area contributed by atoms with Gasteiger partial charge in [0.05, 0.1) is 0 Å².